The molecular formula is C37H37N2O8Sb. The van der Waals surface area contributed by atoms with Crippen molar-refractivity contribution in [1.82, 2.24) is 10.1 Å². The molecule has 0 spiro atoms. The number of ether oxygens (including phenoxy) is 2. The van der Waals surface area contributed by atoms with Crippen molar-refractivity contribution in [3.05, 3.63) is 89.5 Å². The van der Waals surface area contributed by atoms with Gasteiger partial charge in [-0.1, -0.05) is 0 Å². The number of hydrogen-bond donors (Lipinski definition) is 0. The van der Waals surface area contributed by atoms with Crippen LogP contribution in [-0.2, 0) is 34.9 Å². The Hall–Kier alpha value is -3.40. The van der Waals surface area contributed by atoms with E-state index in [2.05, 4.69) is 0 Å². The van der Waals surface area contributed by atoms with Crippen LogP contribution in [0, 0.1) is 44.4 Å². The van der Waals surface area contributed by atoms with Gasteiger partial charge in [-0.2, -0.15) is 0 Å². The summed E-state index contributed by atoms with van der Waals surface area (Å²) in [6.07, 6.45) is 1.34. The number of hydroxylamine groups is 4. The zero-order valence-electron chi connectivity index (χ0n) is 27.0. The van der Waals surface area contributed by atoms with E-state index in [0.29, 0.717) is 36.2 Å². The van der Waals surface area contributed by atoms with Crippen molar-refractivity contribution in [3.8, 4) is 0 Å². The predicted octanol–water partition coefficient (Wildman–Crippen LogP) is 2.22. The third kappa shape index (κ3) is 3.95. The van der Waals surface area contributed by atoms with Gasteiger partial charge in [0.25, 0.3) is 0 Å². The molecule has 9 rings (SSSR count). The summed E-state index contributed by atoms with van der Waals surface area (Å²) in [6.45, 7) is 5.88. The number of carbonyl (C=O) groups excluding carboxylic acids is 4. The van der Waals surface area contributed by atoms with E-state index in [1.807, 2.05) is 93.6 Å². The van der Waals surface area contributed by atoms with Crippen molar-refractivity contribution >= 4 is 52.4 Å². The van der Waals surface area contributed by atoms with Crippen LogP contribution in [0.4, 0.5) is 0 Å². The fourth-order valence-electron chi connectivity index (χ4n) is 9.03. The van der Waals surface area contributed by atoms with E-state index < -0.39 is 65.5 Å². The minimum atomic E-state index is -6.43. The molecule has 4 unspecified atom stereocenters. The van der Waals surface area contributed by atoms with Gasteiger partial charge < -0.3 is 0 Å². The van der Waals surface area contributed by atoms with Crippen molar-refractivity contribution in [1.29, 1.82) is 0 Å². The molecule has 6 fully saturated rings. The van der Waals surface area contributed by atoms with Crippen LogP contribution in [0.2, 0.25) is 0 Å². The van der Waals surface area contributed by atoms with Gasteiger partial charge in [-0.3, -0.25) is 0 Å². The molecule has 6 aliphatic heterocycles. The number of aryl methyl sites for hydroxylation is 3. The number of imide groups is 2. The number of amides is 4. The second-order valence-corrected chi connectivity index (χ2v) is 25.1. The van der Waals surface area contributed by atoms with Crippen molar-refractivity contribution in [3.63, 3.8) is 0 Å². The van der Waals surface area contributed by atoms with Crippen molar-refractivity contribution in [2.24, 2.45) is 23.7 Å². The molecule has 0 N–H and O–H groups in total. The maximum atomic E-state index is 14.4. The standard InChI is InChI=1S/2C8H8NO4.3C7H7.Sb/c2*10-7-5-3-1-2-4(13-3)6(5)8(11)9(7)12;3*1-7-5-3-2-4-6-7;/h2*3-6H,1-2H2;3*3-6H,1H3;/q2*-1;;;;+2/t2*3-,4+,5?,6?;;;;. The summed E-state index contributed by atoms with van der Waals surface area (Å²) in [6, 6.07) is 22.8. The molecule has 0 aromatic heterocycles. The van der Waals surface area contributed by atoms with Crippen LogP contribution in [0.25, 0.3) is 0 Å². The second-order valence-electron chi connectivity index (χ2n) is 14.3. The number of rotatable bonds is 7. The molecule has 8 atom stereocenters. The average molecular weight is 759 g/mol. The van der Waals surface area contributed by atoms with Crippen LogP contribution in [0.15, 0.2) is 72.8 Å². The Kier molecular flexibility index (Phi) is 6.73. The summed E-state index contributed by atoms with van der Waals surface area (Å²) in [5.41, 5.74) is 2.90. The maximum absolute atomic E-state index is 14.4. The molecule has 3 aromatic carbocycles. The van der Waals surface area contributed by atoms with Crippen LogP contribution >= 0.6 is 0 Å². The van der Waals surface area contributed by atoms with Crippen LogP contribution < -0.4 is 10.5 Å². The first-order chi connectivity index (χ1) is 23.1. The molecule has 248 valence electrons. The van der Waals surface area contributed by atoms with E-state index in [-0.39, 0.29) is 24.4 Å². The van der Waals surface area contributed by atoms with E-state index in [4.69, 9.17) is 15.7 Å². The molecule has 0 radical (unpaired) electrons. The van der Waals surface area contributed by atoms with Crippen LogP contribution in [0.5, 0.6) is 0 Å². The third-order valence-electron chi connectivity index (χ3n) is 11.5. The number of carbonyl (C=O) groups is 4. The van der Waals surface area contributed by atoms with Gasteiger partial charge in [0.15, 0.2) is 0 Å². The summed E-state index contributed by atoms with van der Waals surface area (Å²) in [5.74, 6) is -4.56. The molecule has 10 nitrogen and oxygen atoms in total. The molecule has 6 aliphatic rings. The zero-order valence-corrected chi connectivity index (χ0v) is 29.5. The summed E-state index contributed by atoms with van der Waals surface area (Å²) >= 11 is -6.43. The van der Waals surface area contributed by atoms with Gasteiger partial charge in [0.05, 0.1) is 0 Å². The topological polar surface area (TPSA) is 112 Å². The second kappa shape index (κ2) is 10.5. The van der Waals surface area contributed by atoms with E-state index in [0.717, 1.165) is 26.8 Å². The van der Waals surface area contributed by atoms with Crippen LogP contribution in [0.3, 0.4) is 0 Å². The van der Waals surface area contributed by atoms with Crippen molar-refractivity contribution in [2.75, 3.05) is 0 Å². The Labute approximate surface area is 280 Å². The molecule has 11 heteroatoms. The number of benzene rings is 3. The van der Waals surface area contributed by atoms with Crippen LogP contribution in [0.1, 0.15) is 42.4 Å². The van der Waals surface area contributed by atoms with Gasteiger partial charge in [0.1, 0.15) is 0 Å². The Balaban J connectivity index is 1.32. The summed E-state index contributed by atoms with van der Waals surface area (Å²) in [5, 5.41) is 1.84. The minimum absolute atomic E-state index is 0.361. The van der Waals surface area contributed by atoms with Gasteiger partial charge in [-0.15, -0.1) is 0 Å². The molecular weight excluding hydrogens is 722 g/mol. The molecule has 48 heavy (non-hydrogen) atoms. The molecule has 0 saturated carbocycles. The zero-order chi connectivity index (χ0) is 33.1. The number of hydrogen-bond acceptors (Lipinski definition) is 8. The first-order valence-corrected chi connectivity index (χ1v) is 22.7. The molecule has 0 aliphatic carbocycles. The number of fused-ring (bicyclic) bond motifs is 10. The molecule has 4 bridgehead atoms. The van der Waals surface area contributed by atoms with Gasteiger partial charge in [-0.25, -0.2) is 0 Å². The third-order valence-corrected chi connectivity index (χ3v) is 24.8. The molecule has 3 aromatic rings. The van der Waals surface area contributed by atoms with Gasteiger partial charge in [-0.05, 0) is 0 Å². The Bertz CT molecular complexity index is 1640. The molecule has 6 heterocycles. The average Bonchev–Trinajstić information content (AvgIpc) is 3.95. The van der Waals surface area contributed by atoms with Gasteiger partial charge in [0.2, 0.25) is 0 Å². The van der Waals surface area contributed by atoms with Gasteiger partial charge >= 0.3 is 281 Å². The van der Waals surface area contributed by atoms with Gasteiger partial charge in [0, 0.05) is 0 Å². The Morgan fingerprint density at radius 1 is 0.479 bits per heavy atom. The van der Waals surface area contributed by atoms with Crippen LogP contribution in [-0.4, -0.2) is 76.4 Å². The normalized spacial score (nSPS) is 32.7. The van der Waals surface area contributed by atoms with E-state index in [1.165, 1.54) is 0 Å². The summed E-state index contributed by atoms with van der Waals surface area (Å²) in [7, 11) is 0. The first-order valence-electron chi connectivity index (χ1n) is 16.8. The fraction of sp³-hybridized carbons (Fsp3) is 0.405. The monoisotopic (exact) mass is 758 g/mol. The fourth-order valence-corrected chi connectivity index (χ4v) is 21.9. The number of nitrogens with zero attached hydrogens (tertiary/aromatic N) is 2. The first kappa shape index (κ1) is 30.6. The predicted molar refractivity (Wildman–Crippen MR) is 174 cm³/mol. The van der Waals surface area contributed by atoms with E-state index in [1.54, 1.807) is 0 Å². The summed E-state index contributed by atoms with van der Waals surface area (Å²) < 4.78 is 28.3. The summed E-state index contributed by atoms with van der Waals surface area (Å²) in [4.78, 5) is 57.6. The quantitative estimate of drug-likeness (QED) is 0.267. The Morgan fingerprint density at radius 2 is 0.729 bits per heavy atom. The SMILES string of the molecule is Cc1cc[c]([Sb]([O]N2C(=O)C3C(C2=O)[C@H]2CC[C@@H]3O2)([O]N2C(=O)C3C(C2=O)[C@H]2CC[C@@H]3O2)([c]2ccc(C)cc2)[c]2ccc(C)cc2)cc1. The van der Waals surface area contributed by atoms with E-state index in [9.17, 15) is 19.2 Å². The molecule has 4 amide bonds. The molecule has 6 saturated heterocycles. The Morgan fingerprint density at radius 3 is 0.979 bits per heavy atom. The van der Waals surface area contributed by atoms with E-state index >= 15 is 0 Å². The van der Waals surface area contributed by atoms with Crippen molar-refractivity contribution < 1.29 is 34.9 Å². The van der Waals surface area contributed by atoms with Crippen molar-refractivity contribution in [2.45, 2.75) is 70.9 Å².